The Morgan fingerprint density at radius 1 is 1.18 bits per heavy atom. The zero-order valence-electron chi connectivity index (χ0n) is 21.0. The molecule has 5 rings (SSSR count). The van der Waals surface area contributed by atoms with Gasteiger partial charge in [0.25, 0.3) is 5.91 Å². The van der Waals surface area contributed by atoms with E-state index in [1.165, 1.54) is 11.9 Å². The monoisotopic (exact) mass is 594 g/mol. The number of pyridine rings is 1. The van der Waals surface area contributed by atoms with E-state index in [1.54, 1.807) is 49.6 Å². The third-order valence-electron chi connectivity index (χ3n) is 6.54. The number of anilines is 1. The van der Waals surface area contributed by atoms with Gasteiger partial charge in [0.2, 0.25) is 11.8 Å². The summed E-state index contributed by atoms with van der Waals surface area (Å²) in [4.78, 5) is 53.4. The number of aryl methyl sites for hydroxylation is 1. The lowest BCUT2D eigenvalue weighted by Gasteiger charge is -2.24. The van der Waals surface area contributed by atoms with Crippen LogP contribution in [0.15, 0.2) is 47.3 Å². The minimum atomic E-state index is -1.36. The van der Waals surface area contributed by atoms with Gasteiger partial charge in [0, 0.05) is 36.8 Å². The topological polar surface area (TPSA) is 146 Å². The van der Waals surface area contributed by atoms with E-state index >= 15 is 0 Å². The van der Waals surface area contributed by atoms with E-state index in [-0.39, 0.29) is 30.9 Å². The van der Waals surface area contributed by atoms with Gasteiger partial charge in [-0.3, -0.25) is 19.5 Å². The number of carbonyl (C=O) groups is 3. The molecule has 4 heterocycles. The normalized spacial score (nSPS) is 16.9. The number of hydrogen-bond acceptors (Lipinski definition) is 7. The summed E-state index contributed by atoms with van der Waals surface area (Å²) >= 11 is 3.25. The molecule has 3 N–H and O–H groups in total. The third-order valence-corrected chi connectivity index (χ3v) is 6.98. The fourth-order valence-electron chi connectivity index (χ4n) is 4.70. The molecule has 0 aliphatic carbocycles. The van der Waals surface area contributed by atoms with Crippen LogP contribution in [0.1, 0.15) is 28.3 Å². The van der Waals surface area contributed by atoms with Gasteiger partial charge in [-0.1, -0.05) is 12.1 Å². The third kappa shape index (κ3) is 5.35. The smallest absolute Gasteiger partial charge is 0.272 e. The fourth-order valence-corrected chi connectivity index (χ4v) is 5.04. The van der Waals surface area contributed by atoms with Crippen LogP contribution in [0.2, 0.25) is 0 Å². The van der Waals surface area contributed by atoms with Crippen molar-refractivity contribution in [2.24, 2.45) is 0 Å². The van der Waals surface area contributed by atoms with Crippen LogP contribution in [0, 0.1) is 6.92 Å². The standard InChI is InChI=1S/C26H24BrFN8O3/c1-13-30-10-14(11-31-13)16-6-7-18-23(24(35-34-18)26(39)29-2)17(16)9-22(37)36-12-15(28)8-19(36)25(38)33-21-5-3-4-20(27)32-21/h3-7,10-11,15,19H,8-9,12H2,1-2H3,(H,29,39)(H,34,35)(H,32,33,38)/t15-,19+/m1/s1. The van der Waals surface area contributed by atoms with Gasteiger partial charge in [-0.15, -0.1) is 0 Å². The van der Waals surface area contributed by atoms with Crippen LogP contribution < -0.4 is 10.6 Å². The van der Waals surface area contributed by atoms with Crippen molar-refractivity contribution < 1.29 is 18.8 Å². The number of H-pyrrole nitrogens is 1. The molecule has 1 fully saturated rings. The summed E-state index contributed by atoms with van der Waals surface area (Å²) in [6.45, 7) is 1.53. The van der Waals surface area contributed by atoms with Crippen molar-refractivity contribution in [3.05, 3.63) is 64.4 Å². The van der Waals surface area contributed by atoms with E-state index in [0.29, 0.717) is 38.0 Å². The van der Waals surface area contributed by atoms with E-state index < -0.39 is 29.9 Å². The molecule has 1 saturated heterocycles. The molecule has 1 aromatic carbocycles. The first-order valence-corrected chi connectivity index (χ1v) is 12.9. The Morgan fingerprint density at radius 3 is 2.67 bits per heavy atom. The van der Waals surface area contributed by atoms with Crippen LogP contribution in [0.4, 0.5) is 10.2 Å². The second-order valence-electron chi connectivity index (χ2n) is 9.09. The zero-order chi connectivity index (χ0) is 27.7. The first-order valence-electron chi connectivity index (χ1n) is 12.1. The van der Waals surface area contributed by atoms with E-state index in [9.17, 15) is 18.8 Å². The SMILES string of the molecule is CNC(=O)c1n[nH]c2ccc(-c3cnc(C)nc3)c(CC(=O)N3C[C@H](F)C[C@H]3C(=O)Nc3cccc(Br)n3)c12. The molecule has 3 amide bonds. The molecule has 1 aliphatic heterocycles. The molecular weight excluding hydrogens is 571 g/mol. The van der Waals surface area contributed by atoms with Crippen molar-refractivity contribution in [1.82, 2.24) is 35.4 Å². The number of amides is 3. The number of aromatic nitrogens is 5. The van der Waals surface area contributed by atoms with Crippen molar-refractivity contribution in [2.45, 2.75) is 32.0 Å². The minimum absolute atomic E-state index is 0.116. The minimum Gasteiger partial charge on any atom is -0.354 e. The van der Waals surface area contributed by atoms with Gasteiger partial charge in [-0.2, -0.15) is 5.10 Å². The Bertz CT molecular complexity index is 1580. The molecule has 0 unspecified atom stereocenters. The van der Waals surface area contributed by atoms with Gasteiger partial charge in [-0.05, 0) is 52.2 Å². The molecule has 1 aliphatic rings. The van der Waals surface area contributed by atoms with Crippen LogP contribution in [0.3, 0.4) is 0 Å². The largest absolute Gasteiger partial charge is 0.354 e. The number of rotatable bonds is 6. The Morgan fingerprint density at radius 2 is 1.95 bits per heavy atom. The predicted molar refractivity (Wildman–Crippen MR) is 145 cm³/mol. The first kappa shape index (κ1) is 26.4. The lowest BCUT2D eigenvalue weighted by atomic mass is 9.94. The zero-order valence-corrected chi connectivity index (χ0v) is 22.6. The lowest BCUT2D eigenvalue weighted by Crippen LogP contribution is -2.44. The Hall–Kier alpha value is -4.26. The number of halogens is 2. The molecule has 2 atom stereocenters. The number of benzene rings is 1. The number of aromatic amines is 1. The van der Waals surface area contributed by atoms with Gasteiger partial charge in [0.1, 0.15) is 28.5 Å². The maximum atomic E-state index is 14.6. The van der Waals surface area contributed by atoms with Gasteiger partial charge < -0.3 is 15.5 Å². The highest BCUT2D eigenvalue weighted by molar-refractivity contribution is 9.10. The predicted octanol–water partition coefficient (Wildman–Crippen LogP) is 2.97. The van der Waals surface area contributed by atoms with E-state index in [4.69, 9.17) is 0 Å². The summed E-state index contributed by atoms with van der Waals surface area (Å²) in [7, 11) is 1.49. The van der Waals surface area contributed by atoms with Gasteiger partial charge in [-0.25, -0.2) is 19.3 Å². The van der Waals surface area contributed by atoms with Gasteiger partial charge in [0.15, 0.2) is 5.69 Å². The van der Waals surface area contributed by atoms with Crippen molar-refractivity contribution >= 4 is 50.4 Å². The molecule has 4 aromatic rings. The van der Waals surface area contributed by atoms with Crippen molar-refractivity contribution in [3.8, 4) is 11.1 Å². The van der Waals surface area contributed by atoms with E-state index in [0.717, 1.165) is 0 Å². The summed E-state index contributed by atoms with van der Waals surface area (Å²) in [5, 5.41) is 12.7. The van der Waals surface area contributed by atoms with Crippen molar-refractivity contribution in [3.63, 3.8) is 0 Å². The molecule has 0 spiro atoms. The van der Waals surface area contributed by atoms with E-state index in [2.05, 4.69) is 51.7 Å². The molecule has 3 aromatic heterocycles. The van der Waals surface area contributed by atoms with Crippen LogP contribution in [-0.4, -0.2) is 73.6 Å². The van der Waals surface area contributed by atoms with Crippen LogP contribution in [0.25, 0.3) is 22.0 Å². The molecule has 39 heavy (non-hydrogen) atoms. The Balaban J connectivity index is 1.52. The van der Waals surface area contributed by atoms with Gasteiger partial charge in [0.05, 0.1) is 18.5 Å². The number of carbonyl (C=O) groups excluding carboxylic acids is 3. The van der Waals surface area contributed by atoms with E-state index in [1.807, 2.05) is 0 Å². The number of hydrogen-bond donors (Lipinski definition) is 3. The van der Waals surface area contributed by atoms with Crippen LogP contribution in [-0.2, 0) is 16.0 Å². The Labute approximate surface area is 230 Å². The molecular formula is C26H24BrFN8O3. The maximum Gasteiger partial charge on any atom is 0.272 e. The summed E-state index contributed by atoms with van der Waals surface area (Å²) in [6, 6.07) is 7.53. The molecule has 13 heteroatoms. The number of nitrogens with one attached hydrogen (secondary N) is 3. The molecule has 0 radical (unpaired) electrons. The number of alkyl halides is 1. The first-order chi connectivity index (χ1) is 18.7. The Kier molecular flexibility index (Phi) is 7.33. The number of fused-ring (bicyclic) bond motifs is 1. The molecule has 0 saturated carbocycles. The molecule has 11 nitrogen and oxygen atoms in total. The van der Waals surface area contributed by atoms with Crippen molar-refractivity contribution in [2.75, 3.05) is 18.9 Å². The maximum absolute atomic E-state index is 14.6. The molecule has 200 valence electrons. The molecule has 0 bridgehead atoms. The summed E-state index contributed by atoms with van der Waals surface area (Å²) in [6.07, 6.45) is 1.55. The van der Waals surface area contributed by atoms with Crippen LogP contribution in [0.5, 0.6) is 0 Å². The highest BCUT2D eigenvalue weighted by atomic mass is 79.9. The summed E-state index contributed by atoms with van der Waals surface area (Å²) < 4.78 is 15.1. The average molecular weight is 595 g/mol. The number of likely N-dealkylation sites (tertiary alicyclic amines) is 1. The average Bonchev–Trinajstić information content (AvgIpc) is 3.53. The second kappa shape index (κ2) is 10.8. The summed E-state index contributed by atoms with van der Waals surface area (Å²) in [5.74, 6) is -0.580. The lowest BCUT2D eigenvalue weighted by molar-refractivity contribution is -0.136. The fraction of sp³-hybridized carbons (Fsp3) is 0.269. The number of nitrogens with zero attached hydrogens (tertiary/aromatic N) is 5. The second-order valence-corrected chi connectivity index (χ2v) is 9.90. The quantitative estimate of drug-likeness (QED) is 0.291. The highest BCUT2D eigenvalue weighted by Gasteiger charge is 2.40. The van der Waals surface area contributed by atoms with Crippen molar-refractivity contribution in [1.29, 1.82) is 0 Å². The van der Waals surface area contributed by atoms with Gasteiger partial charge >= 0.3 is 0 Å². The summed E-state index contributed by atoms with van der Waals surface area (Å²) in [5.41, 5.74) is 2.41. The highest BCUT2D eigenvalue weighted by Crippen LogP contribution is 2.33. The van der Waals surface area contributed by atoms with Crippen LogP contribution >= 0.6 is 15.9 Å².